The molecule has 2 aromatic rings. The number of amides is 2. The van der Waals surface area contributed by atoms with Gasteiger partial charge in [0.05, 0.1) is 7.11 Å². The molecule has 126 valence electrons. The summed E-state index contributed by atoms with van der Waals surface area (Å²) >= 11 is 0. The maximum atomic E-state index is 13.5. The van der Waals surface area contributed by atoms with Gasteiger partial charge in [-0.3, -0.25) is 0 Å². The molecule has 2 aromatic carbocycles. The lowest BCUT2D eigenvalue weighted by Gasteiger charge is -2.17. The third kappa shape index (κ3) is 5.08. The molecule has 6 heteroatoms. The first kappa shape index (κ1) is 17.5. The fourth-order valence-corrected chi connectivity index (χ4v) is 2.21. The molecule has 0 fully saturated rings. The second kappa shape index (κ2) is 8.67. The summed E-state index contributed by atoms with van der Waals surface area (Å²) in [7, 11) is 1.26. The van der Waals surface area contributed by atoms with Crippen molar-refractivity contribution >= 4 is 12.0 Å². The molecule has 0 unspecified atom stereocenters. The van der Waals surface area contributed by atoms with Gasteiger partial charge in [0.1, 0.15) is 11.9 Å². The molecule has 0 radical (unpaired) electrons. The van der Waals surface area contributed by atoms with Crippen LogP contribution in [0.4, 0.5) is 9.18 Å². The number of hydrogen-bond donors (Lipinski definition) is 2. The number of benzene rings is 2. The van der Waals surface area contributed by atoms with Crippen molar-refractivity contribution in [3.63, 3.8) is 0 Å². The van der Waals surface area contributed by atoms with Crippen molar-refractivity contribution in [3.05, 3.63) is 71.5 Å². The van der Waals surface area contributed by atoms with Gasteiger partial charge in [0.15, 0.2) is 0 Å². The summed E-state index contributed by atoms with van der Waals surface area (Å²) in [6.07, 6.45) is 0.306. The monoisotopic (exact) mass is 330 g/mol. The molecule has 0 aliphatic rings. The van der Waals surface area contributed by atoms with Crippen LogP contribution < -0.4 is 10.6 Å². The van der Waals surface area contributed by atoms with Crippen molar-refractivity contribution in [2.24, 2.45) is 0 Å². The Bertz CT molecular complexity index is 692. The molecule has 0 aliphatic carbocycles. The highest BCUT2D eigenvalue weighted by molar-refractivity contribution is 5.83. The topological polar surface area (TPSA) is 67.4 Å². The molecule has 0 aromatic heterocycles. The van der Waals surface area contributed by atoms with E-state index >= 15 is 0 Å². The number of nitrogens with one attached hydrogen (secondary N) is 2. The van der Waals surface area contributed by atoms with Crippen LogP contribution in [0.3, 0.4) is 0 Å². The highest BCUT2D eigenvalue weighted by Gasteiger charge is 2.21. The fourth-order valence-electron chi connectivity index (χ4n) is 2.21. The largest absolute Gasteiger partial charge is 0.467 e. The summed E-state index contributed by atoms with van der Waals surface area (Å²) in [5.41, 5.74) is 1.26. The van der Waals surface area contributed by atoms with Gasteiger partial charge in [-0.05, 0) is 11.6 Å². The Balaban J connectivity index is 1.94. The highest BCUT2D eigenvalue weighted by atomic mass is 19.1. The second-order valence-electron chi connectivity index (χ2n) is 5.18. The third-order valence-electron chi connectivity index (χ3n) is 3.47. The minimum Gasteiger partial charge on any atom is -0.467 e. The van der Waals surface area contributed by atoms with E-state index in [-0.39, 0.29) is 6.54 Å². The number of urea groups is 1. The molecule has 2 amide bonds. The van der Waals surface area contributed by atoms with E-state index in [2.05, 4.69) is 10.6 Å². The standard InChI is InChI=1S/C18H19FN2O3/c1-24-17(22)16(11-13-7-3-2-4-8-13)21-18(23)20-12-14-9-5-6-10-15(14)19/h2-10,16H,11-12H2,1H3,(H2,20,21,23)/t16-/m0/s1. The van der Waals surface area contributed by atoms with E-state index in [4.69, 9.17) is 4.74 Å². The molecule has 2 rings (SSSR count). The number of hydrogen-bond acceptors (Lipinski definition) is 3. The zero-order chi connectivity index (χ0) is 17.4. The molecular formula is C18H19FN2O3. The molecule has 2 N–H and O–H groups in total. The summed E-state index contributed by atoms with van der Waals surface area (Å²) < 4.78 is 18.3. The summed E-state index contributed by atoms with van der Waals surface area (Å²) in [5.74, 6) is -0.938. The van der Waals surface area contributed by atoms with Crippen LogP contribution >= 0.6 is 0 Å². The molecule has 0 saturated carbocycles. The first-order chi connectivity index (χ1) is 11.6. The summed E-state index contributed by atoms with van der Waals surface area (Å²) in [6, 6.07) is 14.1. The van der Waals surface area contributed by atoms with Gasteiger partial charge in [-0.15, -0.1) is 0 Å². The van der Waals surface area contributed by atoms with Crippen LogP contribution in [-0.2, 0) is 22.5 Å². The number of rotatable bonds is 6. The highest BCUT2D eigenvalue weighted by Crippen LogP contribution is 2.06. The number of ether oxygens (including phenoxy) is 1. The molecule has 0 bridgehead atoms. The Morgan fingerprint density at radius 3 is 2.42 bits per heavy atom. The predicted molar refractivity (Wildman–Crippen MR) is 87.7 cm³/mol. The van der Waals surface area contributed by atoms with Gasteiger partial charge in [-0.2, -0.15) is 0 Å². The average molecular weight is 330 g/mol. The number of carbonyl (C=O) groups excluding carboxylic acids is 2. The SMILES string of the molecule is COC(=O)[C@H](Cc1ccccc1)NC(=O)NCc1ccccc1F. The molecule has 0 spiro atoms. The van der Waals surface area contributed by atoms with Gasteiger partial charge < -0.3 is 15.4 Å². The van der Waals surface area contributed by atoms with Crippen molar-refractivity contribution in [3.8, 4) is 0 Å². The molecule has 1 atom stereocenters. The van der Waals surface area contributed by atoms with Gasteiger partial charge in [-0.1, -0.05) is 48.5 Å². The lowest BCUT2D eigenvalue weighted by molar-refractivity contribution is -0.142. The maximum absolute atomic E-state index is 13.5. The van der Waals surface area contributed by atoms with Crippen LogP contribution in [0.25, 0.3) is 0 Å². The van der Waals surface area contributed by atoms with Crippen molar-refractivity contribution in [1.29, 1.82) is 0 Å². The third-order valence-corrected chi connectivity index (χ3v) is 3.47. The van der Waals surface area contributed by atoms with Gasteiger partial charge in [0.2, 0.25) is 0 Å². The van der Waals surface area contributed by atoms with E-state index in [0.29, 0.717) is 12.0 Å². The molecule has 0 saturated heterocycles. The molecule has 24 heavy (non-hydrogen) atoms. The first-order valence-electron chi connectivity index (χ1n) is 7.49. The number of carbonyl (C=O) groups is 2. The van der Waals surface area contributed by atoms with Crippen LogP contribution in [0.2, 0.25) is 0 Å². The Hall–Kier alpha value is -2.89. The van der Waals surface area contributed by atoms with E-state index in [9.17, 15) is 14.0 Å². The molecule has 0 heterocycles. The lowest BCUT2D eigenvalue weighted by atomic mass is 10.1. The van der Waals surface area contributed by atoms with E-state index < -0.39 is 23.9 Å². The van der Waals surface area contributed by atoms with E-state index in [1.165, 1.54) is 13.2 Å². The summed E-state index contributed by atoms with van der Waals surface area (Å²) in [5, 5.41) is 5.10. The second-order valence-corrected chi connectivity index (χ2v) is 5.18. The quantitative estimate of drug-likeness (QED) is 0.799. The summed E-state index contributed by atoms with van der Waals surface area (Å²) in [6.45, 7) is 0.0255. The van der Waals surface area contributed by atoms with Gasteiger partial charge >= 0.3 is 12.0 Å². The van der Waals surface area contributed by atoms with Crippen LogP contribution in [0.15, 0.2) is 54.6 Å². The number of esters is 1. The number of methoxy groups -OCH3 is 1. The maximum Gasteiger partial charge on any atom is 0.328 e. The lowest BCUT2D eigenvalue weighted by Crippen LogP contribution is -2.47. The van der Waals surface area contributed by atoms with Crippen molar-refractivity contribution in [2.45, 2.75) is 19.0 Å². The normalized spacial score (nSPS) is 11.4. The zero-order valence-electron chi connectivity index (χ0n) is 13.3. The first-order valence-corrected chi connectivity index (χ1v) is 7.49. The summed E-state index contributed by atoms with van der Waals surface area (Å²) in [4.78, 5) is 23.9. The minimum absolute atomic E-state index is 0.0255. The van der Waals surface area contributed by atoms with Crippen molar-refractivity contribution in [1.82, 2.24) is 10.6 Å². The Labute approximate surface area is 139 Å². The Morgan fingerprint density at radius 1 is 1.08 bits per heavy atom. The van der Waals surface area contributed by atoms with E-state index in [1.54, 1.807) is 18.2 Å². The molecular weight excluding hydrogens is 311 g/mol. The van der Waals surface area contributed by atoms with Gasteiger partial charge in [0.25, 0.3) is 0 Å². The van der Waals surface area contributed by atoms with Crippen molar-refractivity contribution < 1.29 is 18.7 Å². The van der Waals surface area contributed by atoms with Crippen molar-refractivity contribution in [2.75, 3.05) is 7.11 Å². The predicted octanol–water partition coefficient (Wildman–Crippen LogP) is 2.41. The molecule has 5 nitrogen and oxygen atoms in total. The van der Waals surface area contributed by atoms with Gasteiger partial charge in [-0.25, -0.2) is 14.0 Å². The Morgan fingerprint density at radius 2 is 1.75 bits per heavy atom. The van der Waals surface area contributed by atoms with Crippen LogP contribution in [-0.4, -0.2) is 25.2 Å². The smallest absolute Gasteiger partial charge is 0.328 e. The average Bonchev–Trinajstić information content (AvgIpc) is 2.60. The van der Waals surface area contributed by atoms with Crippen LogP contribution in [0.5, 0.6) is 0 Å². The molecule has 0 aliphatic heterocycles. The van der Waals surface area contributed by atoms with Crippen LogP contribution in [0, 0.1) is 5.82 Å². The van der Waals surface area contributed by atoms with E-state index in [0.717, 1.165) is 5.56 Å². The Kier molecular flexibility index (Phi) is 6.31. The minimum atomic E-state index is -0.821. The zero-order valence-corrected chi connectivity index (χ0v) is 13.3. The fraction of sp³-hybridized carbons (Fsp3) is 0.222. The van der Waals surface area contributed by atoms with Crippen LogP contribution in [0.1, 0.15) is 11.1 Å². The van der Waals surface area contributed by atoms with E-state index in [1.807, 2.05) is 30.3 Å². The van der Waals surface area contributed by atoms with Gasteiger partial charge in [0, 0.05) is 18.5 Å². The number of halogens is 1.